The summed E-state index contributed by atoms with van der Waals surface area (Å²) < 4.78 is 5.24. The molecule has 0 aromatic carbocycles. The summed E-state index contributed by atoms with van der Waals surface area (Å²) in [7, 11) is 1.68. The van der Waals surface area contributed by atoms with Crippen LogP contribution in [0.1, 0.15) is 32.2 Å². The summed E-state index contributed by atoms with van der Waals surface area (Å²) in [4.78, 5) is 29.4. The number of aromatic nitrogens is 3. The van der Waals surface area contributed by atoms with E-state index in [-0.39, 0.29) is 24.0 Å². The van der Waals surface area contributed by atoms with E-state index in [1.807, 2.05) is 6.07 Å². The summed E-state index contributed by atoms with van der Waals surface area (Å²) in [6.45, 7) is 6.57. The van der Waals surface area contributed by atoms with Gasteiger partial charge in [0.15, 0.2) is 18.2 Å². The van der Waals surface area contributed by atoms with Gasteiger partial charge >= 0.3 is 6.03 Å². The molecule has 0 bridgehead atoms. The van der Waals surface area contributed by atoms with E-state index in [0.717, 1.165) is 11.4 Å². The van der Waals surface area contributed by atoms with Crippen LogP contribution in [-0.2, 0) is 16.8 Å². The van der Waals surface area contributed by atoms with Crippen LogP contribution in [-0.4, -0.2) is 45.7 Å². The van der Waals surface area contributed by atoms with E-state index < -0.39 is 0 Å². The molecule has 2 aromatic heterocycles. The number of hydrogen-bond acceptors (Lipinski definition) is 5. The largest absolute Gasteiger partial charge is 0.480 e. The number of nitrogens with one attached hydrogen (secondary N) is 3. The number of ether oxygens (including phenoxy) is 1. The van der Waals surface area contributed by atoms with E-state index in [1.54, 1.807) is 19.2 Å². The Hall–Kier alpha value is -3.10. The maximum atomic E-state index is 12.4. The SMILES string of the molecule is CN(Cc1cc(C(C)(C)C)n[nH]1)C(=O)Nc1ccc2c(n1)NC(=O)CO2. The van der Waals surface area contributed by atoms with Gasteiger partial charge in [0.25, 0.3) is 5.91 Å². The van der Waals surface area contributed by atoms with Gasteiger partial charge in [-0.2, -0.15) is 5.10 Å². The van der Waals surface area contributed by atoms with Crippen molar-refractivity contribution in [3.63, 3.8) is 0 Å². The highest BCUT2D eigenvalue weighted by atomic mass is 16.5. The van der Waals surface area contributed by atoms with Gasteiger partial charge in [0.1, 0.15) is 5.82 Å². The molecule has 2 aromatic rings. The maximum Gasteiger partial charge on any atom is 0.323 e. The molecular formula is C17H22N6O3. The number of rotatable bonds is 3. The van der Waals surface area contributed by atoms with Crippen LogP contribution in [0.25, 0.3) is 0 Å². The monoisotopic (exact) mass is 358 g/mol. The Morgan fingerprint density at radius 3 is 2.85 bits per heavy atom. The Labute approximate surface area is 151 Å². The third kappa shape index (κ3) is 3.93. The molecule has 9 heteroatoms. The normalized spacial score (nSPS) is 13.5. The molecule has 0 fully saturated rings. The van der Waals surface area contributed by atoms with Crippen LogP contribution in [0, 0.1) is 0 Å². The molecule has 3 rings (SSSR count). The molecule has 3 heterocycles. The standard InChI is InChI=1S/C17H22N6O3/c1-17(2,3)12-7-10(21-22-12)8-23(4)16(25)19-13-6-5-11-15(18-13)20-14(24)9-26-11/h5-7H,8-9H2,1-4H3,(H,21,22)(H2,18,19,20,24,25). The number of nitrogens with zero attached hydrogens (tertiary/aromatic N) is 3. The summed E-state index contributed by atoms with van der Waals surface area (Å²) in [5.41, 5.74) is 1.72. The van der Waals surface area contributed by atoms with Crippen molar-refractivity contribution in [2.75, 3.05) is 24.3 Å². The number of anilines is 2. The molecule has 0 saturated heterocycles. The van der Waals surface area contributed by atoms with Crippen LogP contribution in [0.3, 0.4) is 0 Å². The van der Waals surface area contributed by atoms with Gasteiger partial charge in [0, 0.05) is 12.5 Å². The van der Waals surface area contributed by atoms with Crippen molar-refractivity contribution >= 4 is 23.6 Å². The molecule has 1 aliphatic rings. The third-order valence-corrected chi connectivity index (χ3v) is 3.86. The van der Waals surface area contributed by atoms with E-state index in [4.69, 9.17) is 4.74 Å². The first kappa shape index (κ1) is 17.7. The summed E-state index contributed by atoms with van der Waals surface area (Å²) in [5, 5.41) is 12.6. The quantitative estimate of drug-likeness (QED) is 0.778. The first-order chi connectivity index (χ1) is 12.2. The number of urea groups is 1. The van der Waals surface area contributed by atoms with E-state index in [9.17, 15) is 9.59 Å². The number of fused-ring (bicyclic) bond motifs is 1. The van der Waals surface area contributed by atoms with Gasteiger partial charge in [0.2, 0.25) is 0 Å². The van der Waals surface area contributed by atoms with Crippen molar-refractivity contribution in [2.24, 2.45) is 0 Å². The molecule has 0 unspecified atom stereocenters. The van der Waals surface area contributed by atoms with Gasteiger partial charge in [-0.05, 0) is 18.2 Å². The molecule has 0 saturated carbocycles. The minimum Gasteiger partial charge on any atom is -0.480 e. The number of aromatic amines is 1. The molecular weight excluding hydrogens is 336 g/mol. The van der Waals surface area contributed by atoms with Gasteiger partial charge in [-0.1, -0.05) is 20.8 Å². The second kappa shape index (κ2) is 6.66. The Morgan fingerprint density at radius 2 is 2.15 bits per heavy atom. The predicted octanol–water partition coefficient (Wildman–Crippen LogP) is 2.10. The van der Waals surface area contributed by atoms with Gasteiger partial charge in [0.05, 0.1) is 17.9 Å². The van der Waals surface area contributed by atoms with Crippen LogP contribution in [0.4, 0.5) is 16.4 Å². The van der Waals surface area contributed by atoms with Crippen molar-refractivity contribution in [2.45, 2.75) is 32.7 Å². The second-order valence-corrected chi connectivity index (χ2v) is 7.19. The fourth-order valence-electron chi connectivity index (χ4n) is 2.39. The fourth-order valence-corrected chi connectivity index (χ4v) is 2.39. The number of carbonyl (C=O) groups excluding carboxylic acids is 2. The first-order valence-corrected chi connectivity index (χ1v) is 8.23. The van der Waals surface area contributed by atoms with E-state index in [1.165, 1.54) is 4.90 Å². The Bertz CT molecular complexity index is 839. The highest BCUT2D eigenvalue weighted by Crippen LogP contribution is 2.27. The number of hydrogen-bond donors (Lipinski definition) is 3. The lowest BCUT2D eigenvalue weighted by atomic mass is 9.92. The summed E-state index contributed by atoms with van der Waals surface area (Å²) in [6, 6.07) is 4.90. The predicted molar refractivity (Wildman–Crippen MR) is 96.1 cm³/mol. The van der Waals surface area contributed by atoms with Gasteiger partial charge in [-0.3, -0.25) is 15.2 Å². The number of pyridine rings is 1. The number of H-pyrrole nitrogens is 1. The zero-order valence-electron chi connectivity index (χ0n) is 15.2. The Kier molecular flexibility index (Phi) is 4.54. The van der Waals surface area contributed by atoms with Crippen LogP contribution in [0.2, 0.25) is 0 Å². The highest BCUT2D eigenvalue weighted by Gasteiger charge is 2.20. The first-order valence-electron chi connectivity index (χ1n) is 8.23. The molecule has 0 aliphatic carbocycles. The fraction of sp³-hybridized carbons (Fsp3) is 0.412. The van der Waals surface area contributed by atoms with Crippen molar-refractivity contribution < 1.29 is 14.3 Å². The zero-order chi connectivity index (χ0) is 18.9. The molecule has 138 valence electrons. The molecule has 0 spiro atoms. The van der Waals surface area contributed by atoms with Crippen molar-refractivity contribution in [3.8, 4) is 5.75 Å². The summed E-state index contributed by atoms with van der Waals surface area (Å²) in [6.07, 6.45) is 0. The Balaban J connectivity index is 1.63. The number of amides is 3. The highest BCUT2D eigenvalue weighted by molar-refractivity contribution is 5.95. The summed E-state index contributed by atoms with van der Waals surface area (Å²) in [5.74, 6) is 0.819. The van der Waals surface area contributed by atoms with E-state index in [0.29, 0.717) is 23.9 Å². The minimum atomic E-state index is -0.326. The van der Waals surface area contributed by atoms with Gasteiger partial charge < -0.3 is 15.0 Å². The topological polar surface area (TPSA) is 112 Å². The molecule has 0 radical (unpaired) electrons. The van der Waals surface area contributed by atoms with Gasteiger partial charge in [-0.15, -0.1) is 0 Å². The summed E-state index contributed by atoms with van der Waals surface area (Å²) >= 11 is 0. The molecule has 0 atom stereocenters. The molecule has 3 amide bonds. The lowest BCUT2D eigenvalue weighted by Gasteiger charge is -2.19. The van der Waals surface area contributed by atoms with Crippen molar-refractivity contribution in [1.82, 2.24) is 20.1 Å². The third-order valence-electron chi connectivity index (χ3n) is 3.86. The minimum absolute atomic E-state index is 0.0378. The smallest absolute Gasteiger partial charge is 0.323 e. The van der Waals surface area contributed by atoms with Crippen molar-refractivity contribution in [3.05, 3.63) is 29.6 Å². The lowest BCUT2D eigenvalue weighted by Crippen LogP contribution is -2.31. The van der Waals surface area contributed by atoms with Crippen molar-refractivity contribution in [1.29, 1.82) is 0 Å². The van der Waals surface area contributed by atoms with E-state index in [2.05, 4.69) is 46.6 Å². The van der Waals surface area contributed by atoms with Crippen LogP contribution in [0.15, 0.2) is 18.2 Å². The second-order valence-electron chi connectivity index (χ2n) is 7.19. The Morgan fingerprint density at radius 1 is 1.38 bits per heavy atom. The average molecular weight is 358 g/mol. The molecule has 26 heavy (non-hydrogen) atoms. The average Bonchev–Trinajstić information content (AvgIpc) is 3.03. The maximum absolute atomic E-state index is 12.4. The zero-order valence-corrected chi connectivity index (χ0v) is 15.2. The molecule has 9 nitrogen and oxygen atoms in total. The molecule has 3 N–H and O–H groups in total. The molecule has 1 aliphatic heterocycles. The van der Waals surface area contributed by atoms with Crippen LogP contribution >= 0.6 is 0 Å². The lowest BCUT2D eigenvalue weighted by molar-refractivity contribution is -0.118. The van der Waals surface area contributed by atoms with Crippen LogP contribution < -0.4 is 15.4 Å². The number of carbonyl (C=O) groups is 2. The van der Waals surface area contributed by atoms with Crippen LogP contribution in [0.5, 0.6) is 5.75 Å². The van der Waals surface area contributed by atoms with E-state index >= 15 is 0 Å². The van der Waals surface area contributed by atoms with Gasteiger partial charge in [-0.25, -0.2) is 9.78 Å².